The second-order valence-corrected chi connectivity index (χ2v) is 3.81. The van der Waals surface area contributed by atoms with Gasteiger partial charge in [0.2, 0.25) is 0 Å². The Kier molecular flexibility index (Phi) is 4.92. The van der Waals surface area contributed by atoms with E-state index >= 15 is 0 Å². The largest absolute Gasteiger partial charge is 0.480 e. The SMILES string of the molecule is C=CCN(CC(=O)O)C(=O)Nc1ccccc1C. The number of para-hydroxylation sites is 1. The van der Waals surface area contributed by atoms with Crippen molar-refractivity contribution in [2.24, 2.45) is 0 Å². The minimum atomic E-state index is -1.06. The number of urea groups is 1. The Morgan fingerprint density at radius 2 is 2.11 bits per heavy atom. The number of amides is 2. The molecule has 1 rings (SSSR count). The van der Waals surface area contributed by atoms with Gasteiger partial charge in [-0.1, -0.05) is 24.3 Å². The lowest BCUT2D eigenvalue weighted by Crippen LogP contribution is -2.38. The van der Waals surface area contributed by atoms with Gasteiger partial charge in [-0.25, -0.2) is 4.79 Å². The normalized spacial score (nSPS) is 9.61. The van der Waals surface area contributed by atoms with E-state index in [9.17, 15) is 9.59 Å². The molecule has 0 unspecified atom stereocenters. The number of hydrogen-bond acceptors (Lipinski definition) is 2. The molecule has 0 aliphatic rings. The third kappa shape index (κ3) is 3.93. The number of carboxylic acids is 1. The average Bonchev–Trinajstić information content (AvgIpc) is 2.31. The number of carboxylic acid groups (broad SMARTS) is 1. The van der Waals surface area contributed by atoms with Gasteiger partial charge >= 0.3 is 12.0 Å². The van der Waals surface area contributed by atoms with E-state index in [2.05, 4.69) is 11.9 Å². The number of aliphatic carboxylic acids is 1. The van der Waals surface area contributed by atoms with Gasteiger partial charge in [-0.05, 0) is 18.6 Å². The molecular weight excluding hydrogens is 232 g/mol. The number of carbonyl (C=O) groups excluding carboxylic acids is 1. The van der Waals surface area contributed by atoms with E-state index in [0.29, 0.717) is 5.69 Å². The number of benzene rings is 1. The highest BCUT2D eigenvalue weighted by molar-refractivity contribution is 5.92. The molecule has 0 radical (unpaired) electrons. The summed E-state index contributed by atoms with van der Waals surface area (Å²) in [6.07, 6.45) is 1.49. The van der Waals surface area contributed by atoms with Gasteiger partial charge in [0.1, 0.15) is 6.54 Å². The van der Waals surface area contributed by atoms with Gasteiger partial charge in [-0.15, -0.1) is 6.58 Å². The second-order valence-electron chi connectivity index (χ2n) is 3.81. The Morgan fingerprint density at radius 1 is 1.44 bits per heavy atom. The summed E-state index contributed by atoms with van der Waals surface area (Å²) in [6.45, 7) is 5.19. The number of anilines is 1. The molecule has 96 valence electrons. The van der Waals surface area contributed by atoms with E-state index < -0.39 is 12.0 Å². The minimum Gasteiger partial charge on any atom is -0.480 e. The van der Waals surface area contributed by atoms with Gasteiger partial charge in [0.05, 0.1) is 0 Å². The lowest BCUT2D eigenvalue weighted by atomic mass is 10.2. The average molecular weight is 248 g/mol. The van der Waals surface area contributed by atoms with E-state index in [0.717, 1.165) is 5.56 Å². The monoisotopic (exact) mass is 248 g/mol. The van der Waals surface area contributed by atoms with Crippen molar-refractivity contribution in [2.45, 2.75) is 6.92 Å². The topological polar surface area (TPSA) is 69.6 Å². The van der Waals surface area contributed by atoms with Crippen molar-refractivity contribution in [1.29, 1.82) is 0 Å². The molecular formula is C13H16N2O3. The summed E-state index contributed by atoms with van der Waals surface area (Å²) in [6, 6.07) is 6.85. The van der Waals surface area contributed by atoms with Crippen molar-refractivity contribution >= 4 is 17.7 Å². The van der Waals surface area contributed by atoms with Gasteiger partial charge < -0.3 is 15.3 Å². The van der Waals surface area contributed by atoms with Gasteiger partial charge in [-0.2, -0.15) is 0 Å². The van der Waals surface area contributed by atoms with Crippen molar-refractivity contribution in [3.8, 4) is 0 Å². The van der Waals surface area contributed by atoms with Crippen LogP contribution in [0.25, 0.3) is 0 Å². The lowest BCUT2D eigenvalue weighted by molar-refractivity contribution is -0.137. The first-order valence-corrected chi connectivity index (χ1v) is 5.49. The highest BCUT2D eigenvalue weighted by Gasteiger charge is 2.15. The number of hydrogen-bond donors (Lipinski definition) is 2. The van der Waals surface area contributed by atoms with E-state index in [1.54, 1.807) is 12.1 Å². The highest BCUT2D eigenvalue weighted by atomic mass is 16.4. The Bertz CT molecular complexity index is 457. The Labute approximate surface area is 106 Å². The summed E-state index contributed by atoms with van der Waals surface area (Å²) < 4.78 is 0. The summed E-state index contributed by atoms with van der Waals surface area (Å²) in [5, 5.41) is 11.4. The molecule has 2 amide bonds. The van der Waals surface area contributed by atoms with Gasteiger partial charge in [-0.3, -0.25) is 4.79 Å². The smallest absolute Gasteiger partial charge is 0.323 e. The first-order valence-electron chi connectivity index (χ1n) is 5.49. The summed E-state index contributed by atoms with van der Waals surface area (Å²) in [7, 11) is 0. The van der Waals surface area contributed by atoms with Crippen molar-refractivity contribution in [3.05, 3.63) is 42.5 Å². The van der Waals surface area contributed by atoms with Crippen molar-refractivity contribution < 1.29 is 14.7 Å². The van der Waals surface area contributed by atoms with Gasteiger partial charge in [0, 0.05) is 12.2 Å². The van der Waals surface area contributed by atoms with Crippen LogP contribution in [0.3, 0.4) is 0 Å². The molecule has 5 nitrogen and oxygen atoms in total. The number of nitrogens with one attached hydrogen (secondary N) is 1. The molecule has 5 heteroatoms. The zero-order valence-electron chi connectivity index (χ0n) is 10.2. The number of carbonyl (C=O) groups is 2. The fourth-order valence-corrected chi connectivity index (χ4v) is 1.45. The molecule has 0 aliphatic carbocycles. The van der Waals surface area contributed by atoms with Crippen LogP contribution in [0.15, 0.2) is 36.9 Å². The van der Waals surface area contributed by atoms with Gasteiger partial charge in [0.15, 0.2) is 0 Å². The molecule has 0 aliphatic heterocycles. The van der Waals surface area contributed by atoms with Crippen LogP contribution in [0.4, 0.5) is 10.5 Å². The maximum atomic E-state index is 11.9. The molecule has 1 aromatic rings. The molecule has 0 aromatic heterocycles. The molecule has 0 spiro atoms. The van der Waals surface area contributed by atoms with Crippen LogP contribution in [-0.2, 0) is 4.79 Å². The maximum Gasteiger partial charge on any atom is 0.323 e. The molecule has 2 N–H and O–H groups in total. The van der Waals surface area contributed by atoms with Crippen LogP contribution >= 0.6 is 0 Å². The molecule has 0 atom stereocenters. The highest BCUT2D eigenvalue weighted by Crippen LogP contribution is 2.13. The van der Waals surface area contributed by atoms with E-state index in [4.69, 9.17) is 5.11 Å². The molecule has 1 aromatic carbocycles. The fourth-order valence-electron chi connectivity index (χ4n) is 1.45. The number of aryl methyl sites for hydroxylation is 1. The second kappa shape index (κ2) is 6.44. The zero-order valence-corrected chi connectivity index (χ0v) is 10.2. The predicted molar refractivity (Wildman–Crippen MR) is 69.6 cm³/mol. The molecule has 0 fully saturated rings. The summed E-state index contributed by atoms with van der Waals surface area (Å²) in [5.74, 6) is -1.06. The summed E-state index contributed by atoms with van der Waals surface area (Å²) >= 11 is 0. The maximum absolute atomic E-state index is 11.9. The first kappa shape index (κ1) is 13.8. The molecule has 0 bridgehead atoms. The Morgan fingerprint density at radius 3 is 2.67 bits per heavy atom. The van der Waals surface area contributed by atoms with Crippen LogP contribution in [0.5, 0.6) is 0 Å². The minimum absolute atomic E-state index is 0.185. The van der Waals surface area contributed by atoms with Crippen molar-refractivity contribution in [2.75, 3.05) is 18.4 Å². The van der Waals surface area contributed by atoms with E-state index in [-0.39, 0.29) is 13.1 Å². The Hall–Kier alpha value is -2.30. The predicted octanol–water partition coefficient (Wildman–Crippen LogP) is 2.10. The number of rotatable bonds is 5. The molecule has 18 heavy (non-hydrogen) atoms. The zero-order chi connectivity index (χ0) is 13.5. The quantitative estimate of drug-likeness (QED) is 0.784. The van der Waals surface area contributed by atoms with Crippen molar-refractivity contribution in [3.63, 3.8) is 0 Å². The van der Waals surface area contributed by atoms with Crippen LogP contribution in [0.1, 0.15) is 5.56 Å². The standard InChI is InChI=1S/C13H16N2O3/c1-3-8-15(9-12(16)17)13(18)14-11-7-5-4-6-10(11)2/h3-7H,1,8-9H2,2H3,(H,14,18)(H,16,17). The summed E-state index contributed by atoms with van der Waals surface area (Å²) in [4.78, 5) is 23.7. The van der Waals surface area contributed by atoms with E-state index in [1.807, 2.05) is 19.1 Å². The van der Waals surface area contributed by atoms with Crippen LogP contribution < -0.4 is 5.32 Å². The molecule has 0 heterocycles. The third-order valence-corrected chi connectivity index (χ3v) is 2.35. The fraction of sp³-hybridized carbons (Fsp3) is 0.231. The molecule has 0 saturated heterocycles. The van der Waals surface area contributed by atoms with Gasteiger partial charge in [0.25, 0.3) is 0 Å². The van der Waals surface area contributed by atoms with Crippen LogP contribution in [-0.4, -0.2) is 35.1 Å². The van der Waals surface area contributed by atoms with Crippen LogP contribution in [0, 0.1) is 6.92 Å². The van der Waals surface area contributed by atoms with E-state index in [1.165, 1.54) is 11.0 Å². The van der Waals surface area contributed by atoms with Crippen LogP contribution in [0.2, 0.25) is 0 Å². The molecule has 0 saturated carbocycles. The lowest BCUT2D eigenvalue weighted by Gasteiger charge is -2.20. The van der Waals surface area contributed by atoms with Crippen molar-refractivity contribution in [1.82, 2.24) is 4.90 Å². The third-order valence-electron chi connectivity index (χ3n) is 2.35. The first-order chi connectivity index (χ1) is 8.54. The number of nitrogens with zero attached hydrogens (tertiary/aromatic N) is 1. The Balaban J connectivity index is 2.75. The summed E-state index contributed by atoms with van der Waals surface area (Å²) in [5.41, 5.74) is 1.58.